The molecule has 17 heavy (non-hydrogen) atoms. The molecule has 4 nitrogen and oxygen atoms in total. The normalized spacial score (nSPS) is 12.9. The van der Waals surface area contributed by atoms with Crippen LogP contribution in [0.2, 0.25) is 0 Å². The maximum atomic E-state index is 11.7. The van der Waals surface area contributed by atoms with Crippen molar-refractivity contribution in [2.75, 3.05) is 7.05 Å². The Labute approximate surface area is 99.7 Å². The molecule has 1 unspecified atom stereocenters. The van der Waals surface area contributed by atoms with Crippen molar-refractivity contribution in [1.82, 2.24) is 10.3 Å². The van der Waals surface area contributed by atoms with E-state index in [0.29, 0.717) is 11.6 Å². The Hall–Kier alpha value is -1.81. The molecule has 0 aliphatic rings. The molecule has 3 N–H and O–H groups in total. The molecule has 1 radical (unpaired) electrons. The van der Waals surface area contributed by atoms with Gasteiger partial charge >= 0.3 is 0 Å². The van der Waals surface area contributed by atoms with E-state index < -0.39 is 6.10 Å². The average molecular weight is 231 g/mol. The third-order valence-corrected chi connectivity index (χ3v) is 2.71. The highest BCUT2D eigenvalue weighted by atomic mass is 16.3. The van der Waals surface area contributed by atoms with Crippen molar-refractivity contribution in [3.8, 4) is 0 Å². The number of carbonyl (C=O) groups excluding carboxylic acids is 1. The molecule has 0 saturated carbocycles. The number of nitrogens with one attached hydrogen (secondary N) is 2. The van der Waals surface area contributed by atoms with Crippen LogP contribution < -0.4 is 5.32 Å². The van der Waals surface area contributed by atoms with Gasteiger partial charge in [-0.15, -0.1) is 0 Å². The number of rotatable bonds is 3. The van der Waals surface area contributed by atoms with Crippen molar-refractivity contribution in [2.24, 2.45) is 0 Å². The quantitative estimate of drug-likeness (QED) is 0.743. The summed E-state index contributed by atoms with van der Waals surface area (Å²) in [7, 11) is 1.55. The van der Waals surface area contributed by atoms with Gasteiger partial charge in [0.05, 0.1) is 6.10 Å². The molecular formula is C13H15N2O2. The maximum absolute atomic E-state index is 11.7. The number of para-hydroxylation sites is 1. The maximum Gasteiger partial charge on any atom is 0.236 e. The van der Waals surface area contributed by atoms with Crippen LogP contribution in [0.4, 0.5) is 0 Å². The van der Waals surface area contributed by atoms with E-state index in [9.17, 15) is 9.90 Å². The third kappa shape index (κ3) is 2.17. The first-order valence-electron chi connectivity index (χ1n) is 5.48. The van der Waals surface area contributed by atoms with E-state index in [2.05, 4.69) is 10.3 Å². The SMILES string of the molecule is CNC(=O)[C](c1cc2ccccc2[nH]1)C(C)O. The van der Waals surface area contributed by atoms with Gasteiger partial charge in [-0.05, 0) is 24.4 Å². The number of aliphatic hydroxyl groups is 1. The first kappa shape index (κ1) is 11.7. The van der Waals surface area contributed by atoms with Gasteiger partial charge in [-0.1, -0.05) is 18.2 Å². The fourth-order valence-corrected chi connectivity index (χ4v) is 1.89. The molecule has 0 aliphatic heterocycles. The molecule has 1 aromatic carbocycles. The Morgan fingerprint density at radius 1 is 1.41 bits per heavy atom. The first-order chi connectivity index (χ1) is 8.13. The number of aromatic nitrogens is 1. The zero-order valence-electron chi connectivity index (χ0n) is 9.82. The van der Waals surface area contributed by atoms with Crippen molar-refractivity contribution in [3.05, 3.63) is 41.9 Å². The number of aliphatic hydroxyl groups excluding tert-OH is 1. The Bertz CT molecular complexity index is 498. The molecule has 0 fully saturated rings. The van der Waals surface area contributed by atoms with Crippen molar-refractivity contribution in [2.45, 2.75) is 13.0 Å². The number of likely N-dealkylation sites (N-methyl/N-ethyl adjacent to an activating group) is 1. The second kappa shape index (κ2) is 4.59. The Morgan fingerprint density at radius 2 is 2.12 bits per heavy atom. The minimum Gasteiger partial charge on any atom is -0.392 e. The second-order valence-electron chi connectivity index (χ2n) is 3.94. The summed E-state index contributed by atoms with van der Waals surface area (Å²) in [6.07, 6.45) is -0.817. The molecule has 1 aromatic heterocycles. The lowest BCUT2D eigenvalue weighted by Crippen LogP contribution is -2.33. The van der Waals surface area contributed by atoms with Gasteiger partial charge in [0.1, 0.15) is 5.92 Å². The zero-order valence-corrected chi connectivity index (χ0v) is 9.82. The largest absolute Gasteiger partial charge is 0.392 e. The number of carbonyl (C=O) groups is 1. The van der Waals surface area contributed by atoms with Crippen molar-refractivity contribution >= 4 is 16.8 Å². The van der Waals surface area contributed by atoms with Gasteiger partial charge in [-0.2, -0.15) is 0 Å². The fraction of sp³-hybridized carbons (Fsp3) is 0.231. The molecule has 89 valence electrons. The van der Waals surface area contributed by atoms with E-state index in [0.717, 1.165) is 10.9 Å². The van der Waals surface area contributed by atoms with E-state index in [1.807, 2.05) is 30.3 Å². The van der Waals surface area contributed by atoms with Crippen LogP contribution in [0.25, 0.3) is 10.9 Å². The summed E-state index contributed by atoms with van der Waals surface area (Å²) >= 11 is 0. The number of fused-ring (bicyclic) bond motifs is 1. The lowest BCUT2D eigenvalue weighted by atomic mass is 9.99. The van der Waals surface area contributed by atoms with Crippen LogP contribution in [0.1, 0.15) is 12.6 Å². The van der Waals surface area contributed by atoms with E-state index >= 15 is 0 Å². The lowest BCUT2D eigenvalue weighted by molar-refractivity contribution is -0.119. The average Bonchev–Trinajstić information content (AvgIpc) is 2.71. The highest BCUT2D eigenvalue weighted by Gasteiger charge is 2.27. The van der Waals surface area contributed by atoms with Gasteiger partial charge in [-0.25, -0.2) is 0 Å². The van der Waals surface area contributed by atoms with Crippen LogP contribution in [0.15, 0.2) is 30.3 Å². The summed E-state index contributed by atoms with van der Waals surface area (Å²) in [5, 5.41) is 13.2. The van der Waals surface area contributed by atoms with Crippen LogP contribution in [-0.2, 0) is 4.79 Å². The number of aromatic amines is 1. The monoisotopic (exact) mass is 231 g/mol. The Kier molecular flexibility index (Phi) is 3.15. The summed E-state index contributed by atoms with van der Waals surface area (Å²) in [6.45, 7) is 1.58. The van der Waals surface area contributed by atoms with Crippen LogP contribution in [0.5, 0.6) is 0 Å². The molecule has 0 saturated heterocycles. The van der Waals surface area contributed by atoms with Gasteiger partial charge < -0.3 is 15.4 Å². The topological polar surface area (TPSA) is 65.1 Å². The molecule has 1 heterocycles. The molecular weight excluding hydrogens is 216 g/mol. The summed E-state index contributed by atoms with van der Waals surface area (Å²) in [4.78, 5) is 14.8. The van der Waals surface area contributed by atoms with Crippen LogP contribution in [0, 0.1) is 5.92 Å². The molecule has 0 aliphatic carbocycles. The smallest absolute Gasteiger partial charge is 0.236 e. The second-order valence-corrected chi connectivity index (χ2v) is 3.94. The highest BCUT2D eigenvalue weighted by molar-refractivity contribution is 5.96. The Balaban J connectivity index is 2.45. The number of H-pyrrole nitrogens is 1. The van der Waals surface area contributed by atoms with Gasteiger partial charge in [-0.3, -0.25) is 4.79 Å². The lowest BCUT2D eigenvalue weighted by Gasteiger charge is -2.15. The van der Waals surface area contributed by atoms with E-state index in [1.54, 1.807) is 14.0 Å². The minimum atomic E-state index is -0.817. The third-order valence-electron chi connectivity index (χ3n) is 2.71. The predicted octanol–water partition coefficient (Wildman–Crippen LogP) is 1.22. The molecule has 0 bridgehead atoms. The first-order valence-corrected chi connectivity index (χ1v) is 5.48. The molecule has 2 aromatic rings. The number of benzene rings is 1. The van der Waals surface area contributed by atoms with Gasteiger partial charge in [0.25, 0.3) is 0 Å². The Morgan fingerprint density at radius 3 is 2.71 bits per heavy atom. The van der Waals surface area contributed by atoms with Crippen LogP contribution in [0.3, 0.4) is 0 Å². The van der Waals surface area contributed by atoms with Crippen LogP contribution in [-0.4, -0.2) is 29.1 Å². The standard InChI is InChI=1S/C13H15N2O2/c1-8(16)12(13(17)14-2)11-7-9-5-3-4-6-10(9)15-11/h3-8,15-16H,1-2H3,(H,14,17). The molecule has 1 atom stereocenters. The molecule has 1 amide bonds. The van der Waals surface area contributed by atoms with Gasteiger partial charge in [0, 0.05) is 18.3 Å². The molecule has 0 spiro atoms. The van der Waals surface area contributed by atoms with Crippen LogP contribution >= 0.6 is 0 Å². The van der Waals surface area contributed by atoms with Crippen molar-refractivity contribution in [3.63, 3.8) is 0 Å². The summed E-state index contributed by atoms with van der Waals surface area (Å²) in [5.41, 5.74) is 1.60. The summed E-state index contributed by atoms with van der Waals surface area (Å²) < 4.78 is 0. The van der Waals surface area contributed by atoms with Gasteiger partial charge in [0.15, 0.2) is 0 Å². The minimum absolute atomic E-state index is 0.272. The molecule has 2 rings (SSSR count). The van der Waals surface area contributed by atoms with Gasteiger partial charge in [0.2, 0.25) is 5.91 Å². The zero-order chi connectivity index (χ0) is 12.4. The predicted molar refractivity (Wildman–Crippen MR) is 66.4 cm³/mol. The van der Waals surface area contributed by atoms with Crippen molar-refractivity contribution in [1.29, 1.82) is 0 Å². The number of amides is 1. The number of hydrogen-bond acceptors (Lipinski definition) is 2. The summed E-state index contributed by atoms with van der Waals surface area (Å²) in [5.74, 6) is 0.0789. The van der Waals surface area contributed by atoms with E-state index in [1.165, 1.54) is 0 Å². The molecule has 4 heteroatoms. The number of hydrogen-bond donors (Lipinski definition) is 3. The van der Waals surface area contributed by atoms with E-state index in [4.69, 9.17) is 0 Å². The highest BCUT2D eigenvalue weighted by Crippen LogP contribution is 2.23. The fourth-order valence-electron chi connectivity index (χ4n) is 1.89. The van der Waals surface area contributed by atoms with Crippen molar-refractivity contribution < 1.29 is 9.90 Å². The summed E-state index contributed by atoms with van der Waals surface area (Å²) in [6, 6.07) is 9.61. The van der Waals surface area contributed by atoms with E-state index in [-0.39, 0.29) is 5.91 Å².